The average Bonchev–Trinajstić information content (AvgIpc) is 3.19. The van der Waals surface area contributed by atoms with Gasteiger partial charge in [-0.1, -0.05) is 30.0 Å². The third kappa shape index (κ3) is 3.19. The third-order valence-electron chi connectivity index (χ3n) is 4.27. The topological polar surface area (TPSA) is 77.4 Å². The number of carbonyl (C=O) groups is 2. The molecular formula is C19H17N5O2S. The first kappa shape index (κ1) is 17.3. The first-order valence-electron chi connectivity index (χ1n) is 8.34. The number of hydrogen-bond acceptors (Lipinski definition) is 6. The first-order chi connectivity index (χ1) is 13.0. The quantitative estimate of drug-likeness (QED) is 0.832. The molecule has 27 heavy (non-hydrogen) atoms. The number of para-hydroxylation sites is 1. The Bertz CT molecular complexity index is 982. The summed E-state index contributed by atoms with van der Waals surface area (Å²) in [5.41, 5.74) is 3.44. The van der Waals surface area contributed by atoms with E-state index in [1.54, 1.807) is 0 Å². The third-order valence-corrected chi connectivity index (χ3v) is 5.18. The normalized spacial score (nSPS) is 19.0. The molecule has 1 fully saturated rings. The lowest BCUT2D eigenvalue weighted by atomic mass is 10.1. The van der Waals surface area contributed by atoms with Crippen molar-refractivity contribution in [3.05, 3.63) is 54.1 Å². The molecule has 0 atom stereocenters. The van der Waals surface area contributed by atoms with Crippen LogP contribution in [0.3, 0.4) is 0 Å². The summed E-state index contributed by atoms with van der Waals surface area (Å²) >= 11 is 1.31. The molecule has 0 radical (unpaired) electrons. The van der Waals surface area contributed by atoms with Gasteiger partial charge in [0.2, 0.25) is 5.91 Å². The van der Waals surface area contributed by atoms with Crippen LogP contribution in [-0.2, 0) is 9.59 Å². The summed E-state index contributed by atoms with van der Waals surface area (Å²) in [5, 5.41) is 11.6. The number of carbonyl (C=O) groups excluding carboxylic acids is 2. The lowest BCUT2D eigenvalue weighted by Gasteiger charge is -2.17. The standard InChI is InChI=1S/C19H17N5O2S/c1-23(2)12-7-9-13(10-8-12)24-16(25)11-27-19(24)22-21-17-14-5-3-4-6-15(14)20-18(17)26/h3-10H,11H2,1-2H3,(H,20,21,26)/b22-19-. The molecule has 1 saturated heterocycles. The van der Waals surface area contributed by atoms with E-state index in [1.807, 2.05) is 67.5 Å². The Morgan fingerprint density at radius 3 is 2.52 bits per heavy atom. The SMILES string of the molecule is CN(C)c1ccc(N2C(=O)CS/C2=N\N=C2/C(=O)Nc3ccccc32)cc1. The number of nitrogens with zero attached hydrogens (tertiary/aromatic N) is 4. The Morgan fingerprint density at radius 1 is 1.04 bits per heavy atom. The molecule has 0 spiro atoms. The molecule has 0 aromatic heterocycles. The molecule has 1 N–H and O–H groups in total. The van der Waals surface area contributed by atoms with Crippen LogP contribution in [0.15, 0.2) is 58.7 Å². The first-order valence-corrected chi connectivity index (χ1v) is 9.32. The molecular weight excluding hydrogens is 362 g/mol. The van der Waals surface area contributed by atoms with Crippen molar-refractivity contribution in [2.24, 2.45) is 10.2 Å². The van der Waals surface area contributed by atoms with E-state index in [0.29, 0.717) is 22.2 Å². The molecule has 0 aliphatic carbocycles. The van der Waals surface area contributed by atoms with E-state index in [-0.39, 0.29) is 17.5 Å². The van der Waals surface area contributed by atoms with E-state index in [9.17, 15) is 9.59 Å². The minimum Gasteiger partial charge on any atom is -0.378 e. The summed E-state index contributed by atoms with van der Waals surface area (Å²) in [6, 6.07) is 14.9. The molecule has 2 aliphatic heterocycles. The predicted molar refractivity (Wildman–Crippen MR) is 110 cm³/mol. The molecule has 2 aliphatic rings. The Labute approximate surface area is 160 Å². The van der Waals surface area contributed by atoms with Gasteiger partial charge in [-0.3, -0.25) is 14.5 Å². The van der Waals surface area contributed by atoms with Gasteiger partial charge < -0.3 is 10.2 Å². The van der Waals surface area contributed by atoms with Gasteiger partial charge in [0.15, 0.2) is 10.9 Å². The Morgan fingerprint density at radius 2 is 1.78 bits per heavy atom. The minimum absolute atomic E-state index is 0.0622. The zero-order valence-corrected chi connectivity index (χ0v) is 15.7. The second-order valence-corrected chi connectivity index (χ2v) is 7.20. The monoisotopic (exact) mass is 379 g/mol. The Hall–Kier alpha value is -3.13. The summed E-state index contributed by atoms with van der Waals surface area (Å²) in [4.78, 5) is 28.0. The van der Waals surface area contributed by atoms with Crippen molar-refractivity contribution < 1.29 is 9.59 Å². The number of amidine groups is 1. The summed E-state index contributed by atoms with van der Waals surface area (Å²) in [5.74, 6) is -0.0633. The van der Waals surface area contributed by atoms with Crippen LogP contribution in [0.5, 0.6) is 0 Å². The number of benzene rings is 2. The highest BCUT2D eigenvalue weighted by Crippen LogP contribution is 2.29. The van der Waals surface area contributed by atoms with E-state index in [0.717, 1.165) is 11.4 Å². The molecule has 136 valence electrons. The van der Waals surface area contributed by atoms with E-state index >= 15 is 0 Å². The minimum atomic E-state index is -0.295. The predicted octanol–water partition coefficient (Wildman–Crippen LogP) is 2.54. The van der Waals surface area contributed by atoms with Gasteiger partial charge >= 0.3 is 0 Å². The van der Waals surface area contributed by atoms with Gasteiger partial charge in [-0.05, 0) is 30.3 Å². The fraction of sp³-hybridized carbons (Fsp3) is 0.158. The second kappa shape index (κ2) is 6.88. The number of anilines is 3. The summed E-state index contributed by atoms with van der Waals surface area (Å²) in [6.45, 7) is 0. The van der Waals surface area contributed by atoms with Crippen molar-refractivity contribution in [2.45, 2.75) is 0 Å². The molecule has 2 aromatic rings. The maximum absolute atomic E-state index is 12.3. The Balaban J connectivity index is 1.66. The van der Waals surface area contributed by atoms with Gasteiger partial charge in [0.05, 0.1) is 17.1 Å². The lowest BCUT2D eigenvalue weighted by Crippen LogP contribution is -2.29. The number of fused-ring (bicyclic) bond motifs is 1. The van der Waals surface area contributed by atoms with Crippen molar-refractivity contribution in [1.29, 1.82) is 0 Å². The van der Waals surface area contributed by atoms with Gasteiger partial charge in [-0.25, -0.2) is 0 Å². The fourth-order valence-corrected chi connectivity index (χ4v) is 3.70. The van der Waals surface area contributed by atoms with Crippen LogP contribution in [-0.4, -0.2) is 42.5 Å². The zero-order chi connectivity index (χ0) is 19.0. The fourth-order valence-electron chi connectivity index (χ4n) is 2.88. The summed E-state index contributed by atoms with van der Waals surface area (Å²) < 4.78 is 0. The molecule has 8 heteroatoms. The number of rotatable bonds is 3. The zero-order valence-electron chi connectivity index (χ0n) is 14.8. The highest BCUT2D eigenvalue weighted by molar-refractivity contribution is 8.15. The molecule has 7 nitrogen and oxygen atoms in total. The molecule has 2 aromatic carbocycles. The second-order valence-electron chi connectivity index (χ2n) is 6.26. The van der Waals surface area contributed by atoms with Gasteiger partial charge in [0, 0.05) is 25.3 Å². The highest BCUT2D eigenvalue weighted by Gasteiger charge is 2.31. The maximum atomic E-state index is 12.3. The van der Waals surface area contributed by atoms with Crippen LogP contribution >= 0.6 is 11.8 Å². The van der Waals surface area contributed by atoms with Crippen LogP contribution in [0.4, 0.5) is 17.1 Å². The van der Waals surface area contributed by atoms with Crippen LogP contribution in [0.25, 0.3) is 0 Å². The van der Waals surface area contributed by atoms with Gasteiger partial charge in [0.1, 0.15) is 0 Å². The largest absolute Gasteiger partial charge is 0.378 e. The number of thioether (sulfide) groups is 1. The number of amides is 2. The summed E-state index contributed by atoms with van der Waals surface area (Å²) in [7, 11) is 3.92. The lowest BCUT2D eigenvalue weighted by molar-refractivity contribution is -0.115. The van der Waals surface area contributed by atoms with Gasteiger partial charge in [-0.15, -0.1) is 10.2 Å². The van der Waals surface area contributed by atoms with E-state index < -0.39 is 0 Å². The van der Waals surface area contributed by atoms with Crippen molar-refractivity contribution in [3.63, 3.8) is 0 Å². The smallest absolute Gasteiger partial charge is 0.276 e. The summed E-state index contributed by atoms with van der Waals surface area (Å²) in [6.07, 6.45) is 0. The molecule has 0 bridgehead atoms. The molecule has 0 unspecified atom stereocenters. The van der Waals surface area contributed by atoms with E-state index in [1.165, 1.54) is 16.7 Å². The van der Waals surface area contributed by atoms with Crippen LogP contribution < -0.4 is 15.1 Å². The van der Waals surface area contributed by atoms with Crippen LogP contribution in [0.1, 0.15) is 5.56 Å². The van der Waals surface area contributed by atoms with Crippen LogP contribution in [0.2, 0.25) is 0 Å². The van der Waals surface area contributed by atoms with Gasteiger partial charge in [-0.2, -0.15) is 0 Å². The average molecular weight is 379 g/mol. The molecule has 4 rings (SSSR count). The van der Waals surface area contributed by atoms with Crippen molar-refractivity contribution >= 4 is 51.5 Å². The van der Waals surface area contributed by atoms with Crippen molar-refractivity contribution in [1.82, 2.24) is 0 Å². The molecule has 2 heterocycles. The Kier molecular flexibility index (Phi) is 4.41. The van der Waals surface area contributed by atoms with Crippen LogP contribution in [0, 0.1) is 0 Å². The van der Waals surface area contributed by atoms with Gasteiger partial charge in [0.25, 0.3) is 5.91 Å². The van der Waals surface area contributed by atoms with Crippen molar-refractivity contribution in [3.8, 4) is 0 Å². The highest BCUT2D eigenvalue weighted by atomic mass is 32.2. The number of nitrogens with one attached hydrogen (secondary N) is 1. The van der Waals surface area contributed by atoms with Crippen molar-refractivity contribution in [2.75, 3.05) is 35.0 Å². The van der Waals surface area contributed by atoms with E-state index in [2.05, 4.69) is 15.5 Å². The van der Waals surface area contributed by atoms with E-state index in [4.69, 9.17) is 0 Å². The molecule has 2 amide bonds. The molecule has 0 saturated carbocycles. The maximum Gasteiger partial charge on any atom is 0.276 e. The number of hydrogen-bond donors (Lipinski definition) is 1.